The Labute approximate surface area is 112 Å². The van der Waals surface area contributed by atoms with E-state index in [1.807, 2.05) is 0 Å². The zero-order valence-corrected chi connectivity index (χ0v) is 11.0. The average molecular weight is 380 g/mol. The van der Waals surface area contributed by atoms with Gasteiger partial charge in [0.1, 0.15) is 11.3 Å². The van der Waals surface area contributed by atoms with Crippen LogP contribution in [0.1, 0.15) is 22.8 Å². The molecule has 0 bridgehead atoms. The summed E-state index contributed by atoms with van der Waals surface area (Å²) >= 11 is 1.34. The number of rotatable bonds is 3. The van der Waals surface area contributed by atoms with Gasteiger partial charge in [-0.2, -0.15) is 22.0 Å². The highest BCUT2D eigenvalue weighted by Crippen LogP contribution is 2.42. The van der Waals surface area contributed by atoms with E-state index < -0.39 is 35.4 Å². The minimum absolute atomic E-state index is 0.319. The molecule has 1 rings (SSSR count). The number of Topliss-reactive ketones (excluding diaryl/α,β-unsaturated/α-hetero) is 1. The van der Waals surface area contributed by atoms with Crippen LogP contribution in [-0.4, -0.2) is 12.4 Å². The smallest absolute Gasteiger partial charge is 0.421 e. The minimum atomic E-state index is -4.88. The Bertz CT molecular complexity index is 470. The average Bonchev–Trinajstić information content (AvgIpc) is 2.13. The molecule has 0 aromatic heterocycles. The first-order chi connectivity index (χ1) is 8.14. The summed E-state index contributed by atoms with van der Waals surface area (Å²) in [4.78, 5) is 11.1. The van der Waals surface area contributed by atoms with Crippen LogP contribution in [0.2, 0.25) is 0 Å². The van der Waals surface area contributed by atoms with Gasteiger partial charge in [0.15, 0.2) is 5.78 Å². The van der Waals surface area contributed by atoms with E-state index in [0.717, 1.165) is 19.1 Å². The summed E-state index contributed by atoms with van der Waals surface area (Å²) in [5, 5.41) is 0. The Balaban J connectivity index is 3.55. The quantitative estimate of drug-likeness (QED) is 0.448. The van der Waals surface area contributed by atoms with Gasteiger partial charge in [-0.25, -0.2) is 0 Å². The molecule has 0 spiro atoms. The summed E-state index contributed by atoms with van der Waals surface area (Å²) in [6.45, 7) is -2.47. The number of ether oxygens (including phenoxy) is 1. The zero-order chi connectivity index (χ0) is 14.1. The van der Waals surface area contributed by atoms with E-state index in [9.17, 15) is 26.7 Å². The van der Waals surface area contributed by atoms with Crippen molar-refractivity contribution in [2.75, 3.05) is 0 Å². The second-order valence-corrected chi connectivity index (χ2v) is 4.39. The number of hydrogen-bond donors (Lipinski definition) is 0. The highest BCUT2D eigenvalue weighted by atomic mass is 127. The van der Waals surface area contributed by atoms with Crippen LogP contribution in [0.3, 0.4) is 0 Å². The Hall–Kier alpha value is -0.930. The first kappa shape index (κ1) is 15.1. The van der Waals surface area contributed by atoms with E-state index in [1.54, 1.807) is 0 Å². The van der Waals surface area contributed by atoms with Crippen molar-refractivity contribution in [3.63, 3.8) is 0 Å². The molecule has 0 radical (unpaired) electrons. The lowest BCUT2D eigenvalue weighted by molar-refractivity contribution is -0.142. The SMILES string of the molecule is CC(=O)c1ccc(I)c(C(F)(F)F)c1OC(F)F. The number of benzene rings is 1. The van der Waals surface area contributed by atoms with Gasteiger partial charge in [-0.05, 0) is 41.6 Å². The normalized spacial score (nSPS) is 11.8. The lowest BCUT2D eigenvalue weighted by Crippen LogP contribution is -2.16. The number of hydrogen-bond acceptors (Lipinski definition) is 2. The predicted octanol–water partition coefficient (Wildman–Crippen LogP) is 4.11. The number of halogens is 6. The Kier molecular flexibility index (Phi) is 4.51. The van der Waals surface area contributed by atoms with Gasteiger partial charge in [-0.15, -0.1) is 0 Å². The zero-order valence-electron chi connectivity index (χ0n) is 8.82. The molecule has 0 heterocycles. The third-order valence-electron chi connectivity index (χ3n) is 1.98. The molecule has 0 saturated carbocycles. The van der Waals surface area contributed by atoms with Crippen molar-refractivity contribution in [2.45, 2.75) is 19.7 Å². The van der Waals surface area contributed by atoms with Gasteiger partial charge in [0.2, 0.25) is 0 Å². The van der Waals surface area contributed by atoms with Crippen LogP contribution in [-0.2, 0) is 6.18 Å². The molecule has 0 aliphatic heterocycles. The highest BCUT2D eigenvalue weighted by molar-refractivity contribution is 14.1. The predicted molar refractivity (Wildman–Crippen MR) is 60.8 cm³/mol. The van der Waals surface area contributed by atoms with Crippen molar-refractivity contribution in [3.8, 4) is 5.75 Å². The number of alkyl halides is 5. The summed E-state index contributed by atoms with van der Waals surface area (Å²) in [7, 11) is 0. The van der Waals surface area contributed by atoms with Crippen LogP contribution >= 0.6 is 22.6 Å². The molecule has 18 heavy (non-hydrogen) atoms. The van der Waals surface area contributed by atoms with E-state index >= 15 is 0 Å². The van der Waals surface area contributed by atoms with E-state index in [0.29, 0.717) is 0 Å². The number of carbonyl (C=O) groups is 1. The van der Waals surface area contributed by atoms with Crippen LogP contribution in [0.5, 0.6) is 5.75 Å². The van der Waals surface area contributed by atoms with Crippen molar-refractivity contribution in [3.05, 3.63) is 26.8 Å². The van der Waals surface area contributed by atoms with Crippen LogP contribution in [0.4, 0.5) is 22.0 Å². The maximum absolute atomic E-state index is 12.8. The summed E-state index contributed by atoms with van der Waals surface area (Å²) in [5.41, 5.74) is -1.89. The monoisotopic (exact) mass is 380 g/mol. The van der Waals surface area contributed by atoms with Crippen molar-refractivity contribution >= 4 is 28.4 Å². The van der Waals surface area contributed by atoms with Crippen LogP contribution in [0, 0.1) is 3.57 Å². The second-order valence-electron chi connectivity index (χ2n) is 3.23. The fourth-order valence-corrected chi connectivity index (χ4v) is 2.04. The topological polar surface area (TPSA) is 26.3 Å². The molecular weight excluding hydrogens is 374 g/mol. The summed E-state index contributed by atoms with van der Waals surface area (Å²) < 4.78 is 66.2. The van der Waals surface area contributed by atoms with Gasteiger partial charge in [-0.1, -0.05) is 0 Å². The van der Waals surface area contributed by atoms with Crippen molar-refractivity contribution in [1.29, 1.82) is 0 Å². The molecule has 1 aromatic rings. The molecule has 0 aliphatic carbocycles. The molecule has 0 aliphatic rings. The van der Waals surface area contributed by atoms with Gasteiger partial charge in [0.25, 0.3) is 0 Å². The van der Waals surface area contributed by atoms with Crippen molar-refractivity contribution in [2.24, 2.45) is 0 Å². The molecule has 8 heteroatoms. The van der Waals surface area contributed by atoms with E-state index in [-0.39, 0.29) is 3.57 Å². The van der Waals surface area contributed by atoms with Gasteiger partial charge < -0.3 is 4.74 Å². The van der Waals surface area contributed by atoms with Gasteiger partial charge >= 0.3 is 12.8 Å². The molecule has 0 unspecified atom stereocenters. The largest absolute Gasteiger partial charge is 0.433 e. The summed E-state index contributed by atoms with van der Waals surface area (Å²) in [6.07, 6.45) is -4.88. The molecule has 0 amide bonds. The molecule has 100 valence electrons. The maximum Gasteiger partial charge on any atom is 0.421 e. The molecule has 0 N–H and O–H groups in total. The number of carbonyl (C=O) groups excluding carboxylic acids is 1. The Morgan fingerprint density at radius 2 is 1.89 bits per heavy atom. The first-order valence-corrected chi connectivity index (χ1v) is 5.58. The van der Waals surface area contributed by atoms with E-state index in [4.69, 9.17) is 0 Å². The van der Waals surface area contributed by atoms with Crippen LogP contribution < -0.4 is 4.74 Å². The van der Waals surface area contributed by atoms with Gasteiger partial charge in [0, 0.05) is 3.57 Å². The van der Waals surface area contributed by atoms with Crippen LogP contribution in [0.25, 0.3) is 0 Å². The van der Waals surface area contributed by atoms with Gasteiger partial charge in [0.05, 0.1) is 5.56 Å². The second kappa shape index (κ2) is 5.37. The minimum Gasteiger partial charge on any atom is -0.433 e. The molecule has 1 aromatic carbocycles. The third-order valence-corrected chi connectivity index (χ3v) is 2.88. The molecule has 0 fully saturated rings. The lowest BCUT2D eigenvalue weighted by atomic mass is 10.1. The Morgan fingerprint density at radius 3 is 2.28 bits per heavy atom. The van der Waals surface area contributed by atoms with Crippen molar-refractivity contribution in [1.82, 2.24) is 0 Å². The van der Waals surface area contributed by atoms with Crippen molar-refractivity contribution < 1.29 is 31.5 Å². The standard InChI is InChI=1S/C10H6F5IO2/c1-4(17)5-2-3-6(16)7(10(13,14)15)8(5)18-9(11)12/h2-3,9H,1H3. The summed E-state index contributed by atoms with van der Waals surface area (Å²) in [6, 6.07) is 2.05. The molecular formula is C10H6F5IO2. The Morgan fingerprint density at radius 1 is 1.33 bits per heavy atom. The van der Waals surface area contributed by atoms with E-state index in [2.05, 4.69) is 4.74 Å². The maximum atomic E-state index is 12.8. The number of ketones is 1. The van der Waals surface area contributed by atoms with Gasteiger partial charge in [-0.3, -0.25) is 4.79 Å². The first-order valence-electron chi connectivity index (χ1n) is 4.50. The summed E-state index contributed by atoms with van der Waals surface area (Å²) in [5.74, 6) is -1.91. The van der Waals surface area contributed by atoms with Crippen LogP contribution in [0.15, 0.2) is 12.1 Å². The molecule has 0 atom stereocenters. The fourth-order valence-electron chi connectivity index (χ4n) is 1.31. The molecule has 2 nitrogen and oxygen atoms in total. The lowest BCUT2D eigenvalue weighted by Gasteiger charge is -2.17. The highest BCUT2D eigenvalue weighted by Gasteiger charge is 2.39. The molecule has 0 saturated heterocycles. The third kappa shape index (κ3) is 3.30. The van der Waals surface area contributed by atoms with E-state index in [1.165, 1.54) is 22.6 Å². The fraction of sp³-hybridized carbons (Fsp3) is 0.300.